The maximum atomic E-state index is 12.8. The number of amides is 1. The Morgan fingerprint density at radius 1 is 1.03 bits per heavy atom. The van der Waals surface area contributed by atoms with Crippen LogP contribution in [-0.2, 0) is 10.0 Å². The molecule has 32 heavy (non-hydrogen) atoms. The first kappa shape index (κ1) is 24.5. The number of carbonyl (C=O) groups excluding carboxylic acids is 1. The minimum absolute atomic E-state index is 0.0608. The third-order valence-corrected chi connectivity index (χ3v) is 7.46. The second kappa shape index (κ2) is 9.39. The molecule has 2 aromatic rings. The molecule has 3 rings (SSSR count). The summed E-state index contributed by atoms with van der Waals surface area (Å²) < 4.78 is 28.0. The average molecular weight is 479 g/mol. The van der Waals surface area contributed by atoms with Crippen molar-refractivity contribution in [3.05, 3.63) is 52.5 Å². The van der Waals surface area contributed by atoms with Gasteiger partial charge in [0.15, 0.2) is 0 Å². The number of halogens is 1. The second-order valence-corrected chi connectivity index (χ2v) is 11.3. The molecule has 9 heteroatoms. The lowest BCUT2D eigenvalue weighted by atomic mass is 10.1. The standard InChI is InChI=1S/C23H31ClN4O3S/c1-16-14-18(7-9-20(16)28-12-10-27(5)11-13-28)25-22(29)17-6-8-19(24)21(15-17)32(30,31)26-23(2,3)4/h6-9,14-15,26H,10-13H2,1-5H3,(H,25,29). The summed E-state index contributed by atoms with van der Waals surface area (Å²) in [4.78, 5) is 17.4. The van der Waals surface area contributed by atoms with Crippen molar-refractivity contribution in [1.29, 1.82) is 0 Å². The zero-order valence-corrected chi connectivity index (χ0v) is 20.8. The molecule has 1 aliphatic rings. The smallest absolute Gasteiger partial charge is 0.255 e. The van der Waals surface area contributed by atoms with Gasteiger partial charge >= 0.3 is 0 Å². The Hall–Kier alpha value is -2.13. The third kappa shape index (κ3) is 6.01. The van der Waals surface area contributed by atoms with E-state index in [0.29, 0.717) is 5.69 Å². The topological polar surface area (TPSA) is 81.7 Å². The molecule has 0 spiro atoms. The van der Waals surface area contributed by atoms with E-state index < -0.39 is 21.5 Å². The highest BCUT2D eigenvalue weighted by Crippen LogP contribution is 2.27. The van der Waals surface area contributed by atoms with Crippen molar-refractivity contribution >= 4 is 38.9 Å². The molecule has 1 amide bonds. The Morgan fingerprint density at radius 3 is 2.28 bits per heavy atom. The van der Waals surface area contributed by atoms with E-state index in [1.54, 1.807) is 20.8 Å². The van der Waals surface area contributed by atoms with Gasteiger partial charge in [0.1, 0.15) is 4.90 Å². The number of piperazine rings is 1. The van der Waals surface area contributed by atoms with Gasteiger partial charge < -0.3 is 15.1 Å². The summed E-state index contributed by atoms with van der Waals surface area (Å²) in [7, 11) is -1.76. The highest BCUT2D eigenvalue weighted by molar-refractivity contribution is 7.89. The largest absolute Gasteiger partial charge is 0.369 e. The summed E-state index contributed by atoms with van der Waals surface area (Å²) in [5.74, 6) is -0.402. The fraction of sp³-hybridized carbons (Fsp3) is 0.435. The molecule has 0 atom stereocenters. The minimum atomic E-state index is -3.88. The van der Waals surface area contributed by atoms with Gasteiger partial charge in [-0.2, -0.15) is 0 Å². The molecule has 2 N–H and O–H groups in total. The molecule has 1 saturated heterocycles. The average Bonchev–Trinajstić information content (AvgIpc) is 2.67. The summed E-state index contributed by atoms with van der Waals surface area (Å²) in [6.07, 6.45) is 0. The van der Waals surface area contributed by atoms with E-state index in [-0.39, 0.29) is 15.5 Å². The Kier molecular flexibility index (Phi) is 7.19. The molecule has 1 heterocycles. The number of hydrogen-bond acceptors (Lipinski definition) is 5. The molecular weight excluding hydrogens is 448 g/mol. The predicted molar refractivity (Wildman–Crippen MR) is 130 cm³/mol. The van der Waals surface area contributed by atoms with Crippen LogP contribution in [0.3, 0.4) is 0 Å². The van der Waals surface area contributed by atoms with Gasteiger partial charge in [0.25, 0.3) is 5.91 Å². The maximum Gasteiger partial charge on any atom is 0.255 e. The maximum absolute atomic E-state index is 12.8. The van der Waals surface area contributed by atoms with Gasteiger partial charge in [0, 0.05) is 48.7 Å². The first-order valence-corrected chi connectivity index (χ1v) is 12.4. The van der Waals surface area contributed by atoms with Crippen molar-refractivity contribution in [3.63, 3.8) is 0 Å². The molecular formula is C23H31ClN4O3S. The lowest BCUT2D eigenvalue weighted by Crippen LogP contribution is -2.44. The minimum Gasteiger partial charge on any atom is -0.369 e. The van der Waals surface area contributed by atoms with Crippen molar-refractivity contribution in [2.24, 2.45) is 0 Å². The first-order chi connectivity index (χ1) is 14.9. The number of benzene rings is 2. The molecule has 0 bridgehead atoms. The van der Waals surface area contributed by atoms with Gasteiger partial charge in [0.2, 0.25) is 10.0 Å². The van der Waals surface area contributed by atoms with Crippen LogP contribution in [0.2, 0.25) is 5.02 Å². The van der Waals surface area contributed by atoms with Gasteiger partial charge in [-0.15, -0.1) is 0 Å². The summed E-state index contributed by atoms with van der Waals surface area (Å²) in [5.41, 5.74) is 2.41. The number of likely N-dealkylation sites (N-methyl/N-ethyl adjacent to an activating group) is 1. The molecule has 0 aliphatic carbocycles. The van der Waals surface area contributed by atoms with Crippen LogP contribution < -0.4 is 14.9 Å². The molecule has 0 saturated carbocycles. The van der Waals surface area contributed by atoms with Gasteiger partial charge in [-0.25, -0.2) is 13.1 Å². The van der Waals surface area contributed by atoms with Crippen LogP contribution >= 0.6 is 11.6 Å². The molecule has 7 nitrogen and oxygen atoms in total. The zero-order chi connectivity index (χ0) is 23.7. The Morgan fingerprint density at radius 2 is 1.69 bits per heavy atom. The summed E-state index contributed by atoms with van der Waals surface area (Å²) in [6, 6.07) is 10.1. The summed E-state index contributed by atoms with van der Waals surface area (Å²) in [5, 5.41) is 2.92. The second-order valence-electron chi connectivity index (χ2n) is 9.25. The summed E-state index contributed by atoms with van der Waals surface area (Å²) >= 11 is 6.14. The van der Waals surface area contributed by atoms with Crippen molar-refractivity contribution in [1.82, 2.24) is 9.62 Å². The highest BCUT2D eigenvalue weighted by Gasteiger charge is 2.25. The van der Waals surface area contributed by atoms with Crippen molar-refractivity contribution in [2.45, 2.75) is 38.1 Å². The number of hydrogen-bond donors (Lipinski definition) is 2. The van der Waals surface area contributed by atoms with Crippen LogP contribution in [-0.4, -0.2) is 58.0 Å². The number of anilines is 2. The fourth-order valence-corrected chi connectivity index (χ4v) is 5.59. The SMILES string of the molecule is Cc1cc(NC(=O)c2ccc(Cl)c(S(=O)(=O)NC(C)(C)C)c2)ccc1N1CCN(C)CC1. The Bertz CT molecular complexity index is 1100. The van der Waals surface area contributed by atoms with Crippen LogP contribution in [0.5, 0.6) is 0 Å². The first-order valence-electron chi connectivity index (χ1n) is 10.5. The van der Waals surface area contributed by atoms with Crippen LogP contribution in [0.25, 0.3) is 0 Å². The Balaban J connectivity index is 1.78. The van der Waals surface area contributed by atoms with Crippen LogP contribution in [0.15, 0.2) is 41.3 Å². The molecule has 1 aliphatic heterocycles. The van der Waals surface area contributed by atoms with Gasteiger partial charge in [-0.05, 0) is 76.7 Å². The van der Waals surface area contributed by atoms with Crippen molar-refractivity contribution < 1.29 is 13.2 Å². The van der Waals surface area contributed by atoms with E-state index >= 15 is 0 Å². The predicted octanol–water partition coefficient (Wildman–Crippen LogP) is 3.73. The molecule has 174 valence electrons. The monoisotopic (exact) mass is 478 g/mol. The number of rotatable bonds is 5. The molecule has 0 radical (unpaired) electrons. The quantitative estimate of drug-likeness (QED) is 0.684. The lowest BCUT2D eigenvalue weighted by Gasteiger charge is -2.35. The van der Waals surface area contributed by atoms with E-state index in [0.717, 1.165) is 37.4 Å². The van der Waals surface area contributed by atoms with Crippen LogP contribution in [0.4, 0.5) is 11.4 Å². The van der Waals surface area contributed by atoms with Crippen LogP contribution in [0, 0.1) is 6.92 Å². The van der Waals surface area contributed by atoms with Crippen molar-refractivity contribution in [2.75, 3.05) is 43.4 Å². The van der Waals surface area contributed by atoms with Crippen molar-refractivity contribution in [3.8, 4) is 0 Å². The van der Waals surface area contributed by atoms with E-state index in [9.17, 15) is 13.2 Å². The van der Waals surface area contributed by atoms with E-state index in [4.69, 9.17) is 11.6 Å². The number of carbonyl (C=O) groups is 1. The Labute approximate surface area is 195 Å². The van der Waals surface area contributed by atoms with Crippen LogP contribution in [0.1, 0.15) is 36.7 Å². The summed E-state index contributed by atoms with van der Waals surface area (Å²) in [6.45, 7) is 11.2. The number of aryl methyl sites for hydroxylation is 1. The molecule has 2 aromatic carbocycles. The third-order valence-electron chi connectivity index (χ3n) is 5.22. The van der Waals surface area contributed by atoms with Gasteiger partial charge in [0.05, 0.1) is 5.02 Å². The zero-order valence-electron chi connectivity index (χ0n) is 19.2. The molecule has 0 aromatic heterocycles. The van der Waals surface area contributed by atoms with E-state index in [2.05, 4.69) is 26.9 Å². The van der Waals surface area contributed by atoms with Gasteiger partial charge in [-0.1, -0.05) is 11.6 Å². The number of nitrogens with zero attached hydrogens (tertiary/aromatic N) is 2. The number of nitrogens with one attached hydrogen (secondary N) is 2. The molecule has 1 fully saturated rings. The number of sulfonamides is 1. The highest BCUT2D eigenvalue weighted by atomic mass is 35.5. The van der Waals surface area contributed by atoms with Gasteiger partial charge in [-0.3, -0.25) is 4.79 Å². The normalized spacial score (nSPS) is 15.6. The fourth-order valence-electron chi connectivity index (χ4n) is 3.65. The molecule has 0 unspecified atom stereocenters. The van der Waals surface area contributed by atoms with E-state index in [1.807, 2.05) is 25.1 Å². The van der Waals surface area contributed by atoms with E-state index in [1.165, 1.54) is 18.2 Å². The lowest BCUT2D eigenvalue weighted by molar-refractivity contribution is 0.102.